The zero-order chi connectivity index (χ0) is 37.0. The molecule has 0 unspecified atom stereocenters. The average molecular weight is 714 g/mol. The molecule has 3 rings (SSSR count). The van der Waals surface area contributed by atoms with E-state index in [9.17, 15) is 29.1 Å². The van der Waals surface area contributed by atoms with Gasteiger partial charge in [0.1, 0.15) is 16.7 Å². The first-order valence-corrected chi connectivity index (χ1v) is 18.6. The number of carboxylic acids is 1. The number of rotatable bonds is 19. The van der Waals surface area contributed by atoms with Gasteiger partial charge in [-0.15, -0.1) is 11.3 Å². The lowest BCUT2D eigenvalue weighted by molar-refractivity contribution is -0.149. The van der Waals surface area contributed by atoms with Gasteiger partial charge in [-0.05, 0) is 57.2 Å². The lowest BCUT2D eigenvalue weighted by atomic mass is 9.95. The zero-order valence-electron chi connectivity index (χ0n) is 30.5. The van der Waals surface area contributed by atoms with E-state index in [0.29, 0.717) is 17.8 Å². The quantitative estimate of drug-likeness (QED) is 0.173. The Labute approximate surface area is 300 Å². The number of nitrogens with zero attached hydrogens (tertiary/aromatic N) is 3. The number of amides is 3. The minimum absolute atomic E-state index is 0.0387. The first-order valence-electron chi connectivity index (χ1n) is 17.7. The van der Waals surface area contributed by atoms with Crippen LogP contribution in [-0.2, 0) is 30.3 Å². The Balaban J connectivity index is 1.79. The van der Waals surface area contributed by atoms with Gasteiger partial charge in [0.25, 0.3) is 5.91 Å². The fourth-order valence-corrected chi connectivity index (χ4v) is 7.34. The van der Waals surface area contributed by atoms with Crippen molar-refractivity contribution in [3.8, 4) is 0 Å². The lowest BCUT2D eigenvalue weighted by Crippen LogP contribution is -2.54. The standard InChI is InChI=1S/C37H55N5O7S/c1-8-9-16-28(39-34(45)30-17-13-18-41(30)6)36(46)42(7)31(23(2)3)21-32(49-25(5)43)35-40-29(22-50-35)33(44)38-27(19-24(4)37(47)48)20-26-14-11-10-12-15-26/h10-12,14-15,22-24,27-28,30-32H,8-9,13,16-21H2,1-7H3,(H,38,44)(H,39,45)(H,47,48)/t24-,27+,28-,30+,31+,32+/m0/s1. The van der Waals surface area contributed by atoms with E-state index in [2.05, 4.69) is 15.6 Å². The molecule has 3 amide bonds. The Morgan fingerprint density at radius 1 is 1.10 bits per heavy atom. The molecule has 3 N–H and O–H groups in total. The molecular formula is C37H55N5O7S. The number of benzene rings is 1. The molecule has 12 nitrogen and oxygen atoms in total. The Morgan fingerprint density at radius 2 is 1.80 bits per heavy atom. The maximum atomic E-state index is 14.0. The Kier molecular flexibility index (Phi) is 15.8. The third-order valence-corrected chi connectivity index (χ3v) is 10.3. The first kappa shape index (κ1) is 40.6. The molecule has 50 heavy (non-hydrogen) atoms. The number of carbonyl (C=O) groups is 5. The molecule has 0 bridgehead atoms. The Hall–Kier alpha value is -3.84. The summed E-state index contributed by atoms with van der Waals surface area (Å²) < 4.78 is 5.75. The highest BCUT2D eigenvalue weighted by molar-refractivity contribution is 7.09. The molecule has 0 spiro atoms. The van der Waals surface area contributed by atoms with E-state index < -0.39 is 42.0 Å². The second kappa shape index (κ2) is 19.5. The molecule has 0 radical (unpaired) electrons. The third-order valence-electron chi connectivity index (χ3n) is 9.41. The van der Waals surface area contributed by atoms with Crippen LogP contribution in [-0.4, -0.2) is 94.4 Å². The molecule has 1 aliphatic rings. The molecule has 1 aromatic heterocycles. The van der Waals surface area contributed by atoms with Gasteiger partial charge in [0, 0.05) is 37.9 Å². The van der Waals surface area contributed by atoms with Crippen molar-refractivity contribution in [2.24, 2.45) is 11.8 Å². The van der Waals surface area contributed by atoms with E-state index >= 15 is 0 Å². The van der Waals surface area contributed by atoms with E-state index in [4.69, 9.17) is 4.74 Å². The summed E-state index contributed by atoms with van der Waals surface area (Å²) in [7, 11) is 3.64. The van der Waals surface area contributed by atoms with Crippen LogP contribution < -0.4 is 10.6 Å². The van der Waals surface area contributed by atoms with E-state index in [-0.39, 0.29) is 48.4 Å². The monoisotopic (exact) mass is 713 g/mol. The van der Waals surface area contributed by atoms with Crippen molar-refractivity contribution in [2.45, 2.75) is 116 Å². The number of nitrogens with one attached hydrogen (secondary N) is 2. The number of hydrogen-bond donors (Lipinski definition) is 3. The molecule has 13 heteroatoms. The normalized spacial score (nSPS) is 17.7. The van der Waals surface area contributed by atoms with Crippen molar-refractivity contribution < 1.29 is 33.8 Å². The van der Waals surface area contributed by atoms with Crippen molar-refractivity contribution in [2.75, 3.05) is 20.6 Å². The molecule has 2 heterocycles. The summed E-state index contributed by atoms with van der Waals surface area (Å²) in [4.78, 5) is 72.8. The predicted molar refractivity (Wildman–Crippen MR) is 193 cm³/mol. The number of carboxylic acid groups (broad SMARTS) is 1. The van der Waals surface area contributed by atoms with Crippen LogP contribution in [0, 0.1) is 11.8 Å². The number of aliphatic carboxylic acids is 1. The maximum absolute atomic E-state index is 14.0. The van der Waals surface area contributed by atoms with Crippen molar-refractivity contribution in [1.82, 2.24) is 25.4 Å². The number of ether oxygens (including phenoxy) is 1. The minimum atomic E-state index is -0.943. The zero-order valence-corrected chi connectivity index (χ0v) is 31.3. The maximum Gasteiger partial charge on any atom is 0.306 e. The van der Waals surface area contributed by atoms with Gasteiger partial charge in [-0.1, -0.05) is 70.9 Å². The summed E-state index contributed by atoms with van der Waals surface area (Å²) in [6.45, 7) is 9.77. The smallest absolute Gasteiger partial charge is 0.306 e. The largest absolute Gasteiger partial charge is 0.481 e. The van der Waals surface area contributed by atoms with E-state index in [1.54, 1.807) is 24.3 Å². The summed E-state index contributed by atoms with van der Waals surface area (Å²) in [5.41, 5.74) is 1.10. The molecule has 2 aromatic rings. The molecule has 0 saturated carbocycles. The van der Waals surface area contributed by atoms with Crippen LogP contribution in [0.25, 0.3) is 0 Å². The number of aromatic nitrogens is 1. The Bertz CT molecular complexity index is 1430. The van der Waals surface area contributed by atoms with Crippen LogP contribution in [0.1, 0.15) is 107 Å². The number of likely N-dealkylation sites (tertiary alicyclic amines) is 1. The number of unbranched alkanes of at least 4 members (excludes halogenated alkanes) is 1. The minimum Gasteiger partial charge on any atom is -0.481 e. The summed E-state index contributed by atoms with van der Waals surface area (Å²) in [5, 5.41) is 17.5. The van der Waals surface area contributed by atoms with Gasteiger partial charge in [-0.25, -0.2) is 4.98 Å². The van der Waals surface area contributed by atoms with Crippen LogP contribution in [0.3, 0.4) is 0 Å². The van der Waals surface area contributed by atoms with Crippen LogP contribution in [0.15, 0.2) is 35.7 Å². The van der Waals surface area contributed by atoms with E-state index in [0.717, 1.165) is 37.8 Å². The molecule has 1 aromatic carbocycles. The van der Waals surface area contributed by atoms with Gasteiger partial charge in [0.15, 0.2) is 6.10 Å². The lowest BCUT2D eigenvalue weighted by Gasteiger charge is -2.36. The highest BCUT2D eigenvalue weighted by Crippen LogP contribution is 2.31. The second-order valence-electron chi connectivity index (χ2n) is 13.8. The molecular weight excluding hydrogens is 659 g/mol. The van der Waals surface area contributed by atoms with Gasteiger partial charge < -0.3 is 25.4 Å². The highest BCUT2D eigenvalue weighted by atomic mass is 32.1. The molecule has 0 aliphatic carbocycles. The summed E-state index contributed by atoms with van der Waals surface area (Å²) in [6, 6.07) is 7.76. The van der Waals surface area contributed by atoms with Gasteiger partial charge in [-0.3, -0.25) is 28.9 Å². The van der Waals surface area contributed by atoms with Crippen LogP contribution in [0.5, 0.6) is 0 Å². The number of thiazole rings is 1. The number of hydrogen-bond acceptors (Lipinski definition) is 9. The van der Waals surface area contributed by atoms with Crippen molar-refractivity contribution >= 4 is 41.0 Å². The van der Waals surface area contributed by atoms with Crippen LogP contribution >= 0.6 is 11.3 Å². The second-order valence-corrected chi connectivity index (χ2v) is 14.7. The number of carbonyl (C=O) groups excluding carboxylic acids is 4. The van der Waals surface area contributed by atoms with Gasteiger partial charge >= 0.3 is 11.9 Å². The van der Waals surface area contributed by atoms with Crippen molar-refractivity contribution in [3.63, 3.8) is 0 Å². The fourth-order valence-electron chi connectivity index (χ4n) is 6.50. The SMILES string of the molecule is CCCC[C@H](NC(=O)[C@H]1CCCN1C)C(=O)N(C)[C@H](C[C@@H](OC(C)=O)c1nc(C(=O)N[C@@H](Cc2ccccc2)C[C@H](C)C(=O)O)cs1)C(C)C. The fraction of sp³-hybridized carbons (Fsp3) is 0.622. The molecule has 276 valence electrons. The topological polar surface area (TPSA) is 158 Å². The first-order chi connectivity index (χ1) is 23.7. The van der Waals surface area contributed by atoms with Gasteiger partial charge in [0.2, 0.25) is 11.8 Å². The predicted octanol–water partition coefficient (Wildman–Crippen LogP) is 4.84. The van der Waals surface area contributed by atoms with E-state index in [1.165, 1.54) is 18.3 Å². The number of likely N-dealkylation sites (N-methyl/N-ethyl adjacent to an activating group) is 2. The third kappa shape index (κ3) is 11.9. The van der Waals surface area contributed by atoms with Crippen LogP contribution in [0.2, 0.25) is 0 Å². The molecule has 6 atom stereocenters. The Morgan fingerprint density at radius 3 is 2.38 bits per heavy atom. The molecule has 1 saturated heterocycles. The summed E-state index contributed by atoms with van der Waals surface area (Å²) in [5.74, 6) is -2.97. The highest BCUT2D eigenvalue weighted by Gasteiger charge is 2.36. The summed E-state index contributed by atoms with van der Waals surface area (Å²) >= 11 is 1.18. The van der Waals surface area contributed by atoms with Crippen molar-refractivity contribution in [1.29, 1.82) is 0 Å². The van der Waals surface area contributed by atoms with Gasteiger partial charge in [-0.2, -0.15) is 0 Å². The number of esters is 1. The summed E-state index contributed by atoms with van der Waals surface area (Å²) in [6.07, 6.45) is 3.95. The van der Waals surface area contributed by atoms with Gasteiger partial charge in [0.05, 0.1) is 12.0 Å². The molecule has 1 fully saturated rings. The molecule has 1 aliphatic heterocycles. The average Bonchev–Trinajstić information content (AvgIpc) is 3.74. The van der Waals surface area contributed by atoms with Crippen LogP contribution in [0.4, 0.5) is 0 Å². The van der Waals surface area contributed by atoms with Crippen molar-refractivity contribution in [3.05, 3.63) is 52.0 Å². The van der Waals surface area contributed by atoms with E-state index in [1.807, 2.05) is 63.1 Å².